The van der Waals surface area contributed by atoms with Crippen LogP contribution in [0, 0.1) is 0 Å². The fraction of sp³-hybridized carbons (Fsp3) is 0.467. The maximum absolute atomic E-state index is 5.85. The van der Waals surface area contributed by atoms with Crippen molar-refractivity contribution in [3.05, 3.63) is 39.9 Å². The first kappa shape index (κ1) is 15.3. The molecule has 0 amide bonds. The van der Waals surface area contributed by atoms with Gasteiger partial charge < -0.3 is 10.1 Å². The number of rotatable bonds is 6. The van der Waals surface area contributed by atoms with E-state index in [0.29, 0.717) is 12.6 Å². The zero-order valence-electron chi connectivity index (χ0n) is 11.6. The van der Waals surface area contributed by atoms with Gasteiger partial charge >= 0.3 is 0 Å². The molecule has 1 rings (SSSR count). The van der Waals surface area contributed by atoms with Gasteiger partial charge in [0.15, 0.2) is 0 Å². The highest BCUT2D eigenvalue weighted by Gasteiger charge is 2.07. The number of halogens is 1. The molecule has 0 aromatic heterocycles. The van der Waals surface area contributed by atoms with Crippen molar-refractivity contribution in [3.8, 4) is 5.75 Å². The zero-order valence-corrected chi connectivity index (χ0v) is 13.2. The monoisotopic (exact) mass is 311 g/mol. The molecule has 0 heterocycles. The quantitative estimate of drug-likeness (QED) is 0.791. The lowest BCUT2D eigenvalue weighted by Crippen LogP contribution is -2.22. The lowest BCUT2D eigenvalue weighted by Gasteiger charge is -2.14. The van der Waals surface area contributed by atoms with Crippen molar-refractivity contribution in [1.82, 2.24) is 5.32 Å². The average Bonchev–Trinajstić information content (AvgIpc) is 2.28. The van der Waals surface area contributed by atoms with E-state index in [1.54, 1.807) is 0 Å². The van der Waals surface area contributed by atoms with Gasteiger partial charge in [-0.15, -0.1) is 0 Å². The van der Waals surface area contributed by atoms with Gasteiger partial charge in [-0.25, -0.2) is 0 Å². The molecule has 0 unspecified atom stereocenters. The Morgan fingerprint density at radius 3 is 2.72 bits per heavy atom. The molecule has 0 radical (unpaired) electrons. The summed E-state index contributed by atoms with van der Waals surface area (Å²) in [5, 5.41) is 3.41. The lowest BCUT2D eigenvalue weighted by atomic mass is 10.2. The molecule has 0 aliphatic carbocycles. The van der Waals surface area contributed by atoms with E-state index in [1.807, 2.05) is 12.1 Å². The highest BCUT2D eigenvalue weighted by molar-refractivity contribution is 9.10. The zero-order chi connectivity index (χ0) is 13.5. The Kier molecular flexibility index (Phi) is 6.44. The molecule has 1 N–H and O–H groups in total. The SMILES string of the molecule is CC(C)=CCOc1c(Br)cccc1CNC(C)C. The van der Waals surface area contributed by atoms with Crippen molar-refractivity contribution in [2.45, 2.75) is 40.3 Å². The van der Waals surface area contributed by atoms with Gasteiger partial charge in [0.25, 0.3) is 0 Å². The Balaban J connectivity index is 2.77. The Labute approximate surface area is 119 Å². The normalized spacial score (nSPS) is 10.6. The summed E-state index contributed by atoms with van der Waals surface area (Å²) in [4.78, 5) is 0. The minimum atomic E-state index is 0.467. The third kappa shape index (κ3) is 5.23. The van der Waals surface area contributed by atoms with Crippen LogP contribution in [0.2, 0.25) is 0 Å². The Hall–Kier alpha value is -0.800. The molecule has 18 heavy (non-hydrogen) atoms. The number of benzene rings is 1. The van der Waals surface area contributed by atoms with Crippen molar-refractivity contribution in [2.24, 2.45) is 0 Å². The molecule has 100 valence electrons. The number of para-hydroxylation sites is 1. The number of nitrogens with one attached hydrogen (secondary N) is 1. The highest BCUT2D eigenvalue weighted by Crippen LogP contribution is 2.29. The van der Waals surface area contributed by atoms with Crippen LogP contribution in [0.25, 0.3) is 0 Å². The summed E-state index contributed by atoms with van der Waals surface area (Å²) < 4.78 is 6.85. The van der Waals surface area contributed by atoms with Crippen molar-refractivity contribution >= 4 is 15.9 Å². The molecule has 0 aliphatic heterocycles. The first-order valence-corrected chi connectivity index (χ1v) is 7.07. The molecule has 0 saturated carbocycles. The summed E-state index contributed by atoms with van der Waals surface area (Å²) in [5.41, 5.74) is 2.45. The number of allylic oxidation sites excluding steroid dienone is 1. The van der Waals surface area contributed by atoms with Gasteiger partial charge in [-0.3, -0.25) is 0 Å². The van der Waals surface area contributed by atoms with Gasteiger partial charge in [0, 0.05) is 18.2 Å². The standard InChI is InChI=1S/C15H22BrNO/c1-11(2)8-9-18-15-13(10-17-12(3)4)6-5-7-14(15)16/h5-8,12,17H,9-10H2,1-4H3. The molecular weight excluding hydrogens is 290 g/mol. The number of hydrogen-bond acceptors (Lipinski definition) is 2. The lowest BCUT2D eigenvalue weighted by molar-refractivity contribution is 0.353. The minimum Gasteiger partial charge on any atom is -0.488 e. The third-order valence-corrected chi connectivity index (χ3v) is 3.09. The summed E-state index contributed by atoms with van der Waals surface area (Å²) >= 11 is 3.55. The first-order chi connectivity index (χ1) is 8.50. The molecule has 0 spiro atoms. The van der Waals surface area contributed by atoms with Gasteiger partial charge in [0.1, 0.15) is 12.4 Å². The van der Waals surface area contributed by atoms with Crippen LogP contribution in [0.4, 0.5) is 0 Å². The van der Waals surface area contributed by atoms with E-state index in [0.717, 1.165) is 16.8 Å². The van der Waals surface area contributed by atoms with Crippen LogP contribution in [0.1, 0.15) is 33.3 Å². The summed E-state index contributed by atoms with van der Waals surface area (Å²) in [6, 6.07) is 6.61. The maximum Gasteiger partial charge on any atom is 0.138 e. The summed E-state index contributed by atoms with van der Waals surface area (Å²) in [5.74, 6) is 0.933. The number of ether oxygens (including phenoxy) is 1. The van der Waals surface area contributed by atoms with Crippen LogP contribution >= 0.6 is 15.9 Å². The van der Waals surface area contributed by atoms with E-state index in [1.165, 1.54) is 11.1 Å². The molecule has 0 saturated heterocycles. The van der Waals surface area contributed by atoms with Crippen LogP contribution in [0.5, 0.6) is 5.75 Å². The second-order valence-corrected chi connectivity index (χ2v) is 5.71. The van der Waals surface area contributed by atoms with Crippen molar-refractivity contribution in [2.75, 3.05) is 6.61 Å². The molecule has 1 aromatic carbocycles. The van der Waals surface area contributed by atoms with Gasteiger partial charge in [-0.2, -0.15) is 0 Å². The van der Waals surface area contributed by atoms with Gasteiger partial charge in [0.05, 0.1) is 4.47 Å². The van der Waals surface area contributed by atoms with Crippen LogP contribution < -0.4 is 10.1 Å². The van der Waals surface area contributed by atoms with E-state index in [4.69, 9.17) is 4.74 Å². The molecule has 0 bridgehead atoms. The predicted molar refractivity (Wildman–Crippen MR) is 81.0 cm³/mol. The van der Waals surface area contributed by atoms with Gasteiger partial charge in [-0.1, -0.05) is 31.6 Å². The second kappa shape index (κ2) is 7.59. The fourth-order valence-electron chi connectivity index (χ4n) is 1.46. The first-order valence-electron chi connectivity index (χ1n) is 6.27. The molecule has 0 aliphatic rings. The fourth-order valence-corrected chi connectivity index (χ4v) is 1.98. The van der Waals surface area contributed by atoms with Crippen LogP contribution in [-0.4, -0.2) is 12.6 Å². The highest BCUT2D eigenvalue weighted by atomic mass is 79.9. The largest absolute Gasteiger partial charge is 0.488 e. The van der Waals surface area contributed by atoms with Crippen molar-refractivity contribution in [1.29, 1.82) is 0 Å². The molecular formula is C15H22BrNO. The molecule has 2 nitrogen and oxygen atoms in total. The van der Waals surface area contributed by atoms with Crippen LogP contribution in [0.15, 0.2) is 34.3 Å². The van der Waals surface area contributed by atoms with E-state index >= 15 is 0 Å². The van der Waals surface area contributed by atoms with Gasteiger partial charge in [-0.05, 0) is 41.9 Å². The molecule has 0 atom stereocenters. The van der Waals surface area contributed by atoms with Crippen molar-refractivity contribution in [3.63, 3.8) is 0 Å². The maximum atomic E-state index is 5.85. The Morgan fingerprint density at radius 2 is 2.11 bits per heavy atom. The Morgan fingerprint density at radius 1 is 1.39 bits per heavy atom. The predicted octanol–water partition coefficient (Wildman–Crippen LogP) is 4.29. The van der Waals surface area contributed by atoms with Crippen molar-refractivity contribution < 1.29 is 4.74 Å². The van der Waals surface area contributed by atoms with Crippen LogP contribution in [0.3, 0.4) is 0 Å². The summed E-state index contributed by atoms with van der Waals surface area (Å²) in [6.07, 6.45) is 2.08. The van der Waals surface area contributed by atoms with E-state index in [9.17, 15) is 0 Å². The van der Waals surface area contributed by atoms with Crippen LogP contribution in [-0.2, 0) is 6.54 Å². The smallest absolute Gasteiger partial charge is 0.138 e. The van der Waals surface area contributed by atoms with E-state index < -0.39 is 0 Å². The molecule has 0 fully saturated rings. The van der Waals surface area contributed by atoms with Gasteiger partial charge in [0.2, 0.25) is 0 Å². The third-order valence-electron chi connectivity index (χ3n) is 2.47. The summed E-state index contributed by atoms with van der Waals surface area (Å²) in [7, 11) is 0. The van der Waals surface area contributed by atoms with E-state index in [2.05, 4.69) is 61.1 Å². The van der Waals surface area contributed by atoms with E-state index in [-0.39, 0.29) is 0 Å². The average molecular weight is 312 g/mol. The number of hydrogen-bond donors (Lipinski definition) is 1. The topological polar surface area (TPSA) is 21.3 Å². The molecule has 3 heteroatoms. The summed E-state index contributed by atoms with van der Waals surface area (Å²) in [6.45, 7) is 9.86. The Bertz CT molecular complexity index is 409. The minimum absolute atomic E-state index is 0.467. The molecule has 1 aromatic rings. The second-order valence-electron chi connectivity index (χ2n) is 4.86.